The molecule has 1 heterocycles. The summed E-state index contributed by atoms with van der Waals surface area (Å²) in [6.07, 6.45) is 0. The summed E-state index contributed by atoms with van der Waals surface area (Å²) in [4.78, 5) is 5.48. The van der Waals surface area contributed by atoms with Gasteiger partial charge in [-0.1, -0.05) is 0 Å². The summed E-state index contributed by atoms with van der Waals surface area (Å²) < 4.78 is 13.5. The molecule has 2 nitrogen and oxygen atoms in total. The lowest BCUT2D eigenvalue weighted by molar-refractivity contribution is 0.621. The maximum atomic E-state index is 13.1. The Morgan fingerprint density at radius 3 is 2.81 bits per heavy atom. The van der Waals surface area contributed by atoms with Gasteiger partial charge in [-0.2, -0.15) is 0 Å². The number of nitrogens with zero attached hydrogens (tertiary/aromatic N) is 1. The van der Waals surface area contributed by atoms with Gasteiger partial charge in [0.1, 0.15) is 10.8 Å². The Morgan fingerprint density at radius 2 is 2.25 bits per heavy atom. The van der Waals surface area contributed by atoms with Crippen LogP contribution in [-0.2, 0) is 6.54 Å². The fraction of sp³-hybridized carbons (Fsp3) is 0.182. The van der Waals surface area contributed by atoms with E-state index in [9.17, 15) is 4.39 Å². The van der Waals surface area contributed by atoms with Crippen LogP contribution < -0.4 is 5.73 Å². The molecule has 0 saturated carbocycles. The Morgan fingerprint density at radius 1 is 1.50 bits per heavy atom. The first-order valence-corrected chi connectivity index (χ1v) is 6.34. The van der Waals surface area contributed by atoms with Crippen LogP contribution in [0.2, 0.25) is 0 Å². The summed E-state index contributed by atoms with van der Waals surface area (Å²) in [7, 11) is 0. The predicted molar refractivity (Wildman–Crippen MR) is 67.8 cm³/mol. The average molecular weight is 301 g/mol. The Kier molecular flexibility index (Phi) is 3.37. The predicted octanol–water partition coefficient (Wildman–Crippen LogP) is 3.48. The molecular weight excluding hydrogens is 291 g/mol. The summed E-state index contributed by atoms with van der Waals surface area (Å²) in [6.45, 7) is 2.42. The van der Waals surface area contributed by atoms with Gasteiger partial charge in [-0.15, -0.1) is 11.3 Å². The standard InChI is InChI=1S/C11H10BrFN2S/c1-6-10(5-14)16-11(15-6)7-2-3-9(13)8(12)4-7/h2-4H,5,14H2,1H3. The fourth-order valence-corrected chi connectivity index (χ4v) is 2.69. The molecule has 0 bridgehead atoms. The van der Waals surface area contributed by atoms with E-state index in [0.717, 1.165) is 21.1 Å². The number of aryl methyl sites for hydroxylation is 1. The van der Waals surface area contributed by atoms with Gasteiger partial charge < -0.3 is 5.73 Å². The highest BCUT2D eigenvalue weighted by Gasteiger charge is 2.09. The molecule has 0 aliphatic heterocycles. The van der Waals surface area contributed by atoms with Crippen molar-refractivity contribution in [2.24, 2.45) is 5.73 Å². The van der Waals surface area contributed by atoms with Crippen LogP contribution in [0, 0.1) is 12.7 Å². The molecule has 1 aromatic carbocycles. The summed E-state index contributed by atoms with van der Waals surface area (Å²) in [5, 5.41) is 0.874. The third kappa shape index (κ3) is 2.16. The summed E-state index contributed by atoms with van der Waals surface area (Å²) in [5.74, 6) is -0.268. The van der Waals surface area contributed by atoms with Gasteiger partial charge in [-0.3, -0.25) is 0 Å². The molecule has 0 amide bonds. The number of aromatic nitrogens is 1. The van der Waals surface area contributed by atoms with Crippen LogP contribution in [0.1, 0.15) is 10.6 Å². The average Bonchev–Trinajstić information content (AvgIpc) is 2.64. The van der Waals surface area contributed by atoms with Crippen LogP contribution in [0.15, 0.2) is 22.7 Å². The zero-order valence-electron chi connectivity index (χ0n) is 8.63. The Balaban J connectivity index is 2.46. The molecule has 0 atom stereocenters. The zero-order valence-corrected chi connectivity index (χ0v) is 11.0. The van der Waals surface area contributed by atoms with Crippen LogP contribution in [0.3, 0.4) is 0 Å². The number of hydrogen-bond donors (Lipinski definition) is 1. The SMILES string of the molecule is Cc1nc(-c2ccc(F)c(Br)c2)sc1CN. The van der Waals surface area contributed by atoms with E-state index in [4.69, 9.17) is 5.73 Å². The Hall–Kier alpha value is -0.780. The van der Waals surface area contributed by atoms with Crippen molar-refractivity contribution in [1.82, 2.24) is 4.98 Å². The molecule has 0 aliphatic carbocycles. The minimum atomic E-state index is -0.268. The molecule has 0 unspecified atom stereocenters. The van der Waals surface area contributed by atoms with Gasteiger partial charge in [-0.25, -0.2) is 9.37 Å². The number of hydrogen-bond acceptors (Lipinski definition) is 3. The number of benzene rings is 1. The van der Waals surface area contributed by atoms with Crippen LogP contribution >= 0.6 is 27.3 Å². The molecule has 0 spiro atoms. The lowest BCUT2D eigenvalue weighted by Gasteiger charge is -1.98. The molecule has 16 heavy (non-hydrogen) atoms. The molecule has 0 fully saturated rings. The van der Waals surface area contributed by atoms with Crippen molar-refractivity contribution in [3.8, 4) is 10.6 Å². The quantitative estimate of drug-likeness (QED) is 0.922. The van der Waals surface area contributed by atoms with Crippen molar-refractivity contribution >= 4 is 27.3 Å². The second kappa shape index (κ2) is 4.61. The van der Waals surface area contributed by atoms with E-state index < -0.39 is 0 Å². The largest absolute Gasteiger partial charge is 0.326 e. The summed E-state index contributed by atoms with van der Waals surface area (Å²) in [5.41, 5.74) is 7.45. The molecule has 2 N–H and O–H groups in total. The van der Waals surface area contributed by atoms with E-state index in [0.29, 0.717) is 11.0 Å². The third-order valence-electron chi connectivity index (χ3n) is 2.24. The van der Waals surface area contributed by atoms with E-state index in [1.165, 1.54) is 6.07 Å². The fourth-order valence-electron chi connectivity index (χ4n) is 1.37. The van der Waals surface area contributed by atoms with Gasteiger partial charge in [0.25, 0.3) is 0 Å². The maximum absolute atomic E-state index is 13.1. The normalized spacial score (nSPS) is 10.8. The monoisotopic (exact) mass is 300 g/mol. The number of thiazole rings is 1. The van der Waals surface area contributed by atoms with E-state index in [2.05, 4.69) is 20.9 Å². The highest BCUT2D eigenvalue weighted by molar-refractivity contribution is 9.10. The third-order valence-corrected chi connectivity index (χ3v) is 4.08. The van der Waals surface area contributed by atoms with Crippen LogP contribution in [0.5, 0.6) is 0 Å². The molecular formula is C11H10BrFN2S. The lowest BCUT2D eigenvalue weighted by atomic mass is 10.2. The molecule has 84 valence electrons. The smallest absolute Gasteiger partial charge is 0.137 e. The molecule has 0 saturated heterocycles. The van der Waals surface area contributed by atoms with Gasteiger partial charge in [-0.05, 0) is 41.1 Å². The minimum absolute atomic E-state index is 0.268. The van der Waals surface area contributed by atoms with Crippen molar-refractivity contribution in [2.75, 3.05) is 0 Å². The van der Waals surface area contributed by atoms with E-state index in [1.807, 2.05) is 6.92 Å². The molecule has 0 radical (unpaired) electrons. The molecule has 1 aromatic heterocycles. The highest BCUT2D eigenvalue weighted by Crippen LogP contribution is 2.30. The zero-order chi connectivity index (χ0) is 11.7. The number of rotatable bonds is 2. The van der Waals surface area contributed by atoms with Crippen molar-refractivity contribution < 1.29 is 4.39 Å². The first kappa shape index (κ1) is 11.7. The maximum Gasteiger partial charge on any atom is 0.137 e. The Labute approximate surface area is 105 Å². The van der Waals surface area contributed by atoms with E-state index in [1.54, 1.807) is 23.5 Å². The second-order valence-corrected chi connectivity index (χ2v) is 5.30. The number of halogens is 2. The van der Waals surface area contributed by atoms with Gasteiger partial charge in [0, 0.05) is 17.0 Å². The lowest BCUT2D eigenvalue weighted by Crippen LogP contribution is -1.94. The summed E-state index contributed by atoms with van der Waals surface area (Å²) in [6, 6.07) is 4.88. The van der Waals surface area contributed by atoms with Crippen LogP contribution in [0.25, 0.3) is 10.6 Å². The van der Waals surface area contributed by atoms with Gasteiger partial charge in [0.05, 0.1) is 10.2 Å². The topological polar surface area (TPSA) is 38.9 Å². The van der Waals surface area contributed by atoms with Crippen molar-refractivity contribution in [3.05, 3.63) is 39.1 Å². The Bertz CT molecular complexity index is 525. The molecule has 0 aliphatic rings. The second-order valence-electron chi connectivity index (χ2n) is 3.36. The van der Waals surface area contributed by atoms with Gasteiger partial charge >= 0.3 is 0 Å². The van der Waals surface area contributed by atoms with Crippen LogP contribution in [-0.4, -0.2) is 4.98 Å². The van der Waals surface area contributed by atoms with Crippen molar-refractivity contribution in [1.29, 1.82) is 0 Å². The molecule has 2 aromatic rings. The first-order valence-electron chi connectivity index (χ1n) is 4.73. The first-order chi connectivity index (χ1) is 7.61. The molecule has 5 heteroatoms. The highest BCUT2D eigenvalue weighted by atomic mass is 79.9. The van der Waals surface area contributed by atoms with Crippen LogP contribution in [0.4, 0.5) is 4.39 Å². The van der Waals surface area contributed by atoms with Crippen molar-refractivity contribution in [3.63, 3.8) is 0 Å². The van der Waals surface area contributed by atoms with Gasteiger partial charge in [0.15, 0.2) is 0 Å². The van der Waals surface area contributed by atoms with Gasteiger partial charge in [0.2, 0.25) is 0 Å². The van der Waals surface area contributed by atoms with E-state index >= 15 is 0 Å². The van der Waals surface area contributed by atoms with Crippen molar-refractivity contribution in [2.45, 2.75) is 13.5 Å². The van der Waals surface area contributed by atoms with E-state index in [-0.39, 0.29) is 5.82 Å². The number of nitrogens with two attached hydrogens (primary N) is 1. The minimum Gasteiger partial charge on any atom is -0.326 e. The molecule has 2 rings (SSSR count). The summed E-state index contributed by atoms with van der Waals surface area (Å²) >= 11 is 4.71.